The zero-order valence-corrected chi connectivity index (χ0v) is 17.5. The van der Waals surface area contributed by atoms with Crippen molar-refractivity contribution in [1.82, 2.24) is 10.6 Å². The largest absolute Gasteiger partial charge is 0.450 e. The van der Waals surface area contributed by atoms with Gasteiger partial charge in [0, 0.05) is 8.07 Å². The number of ether oxygens (including phenoxy) is 2. The summed E-state index contributed by atoms with van der Waals surface area (Å²) in [7, 11) is -1.18. The van der Waals surface area contributed by atoms with Crippen molar-refractivity contribution in [3.8, 4) is 0 Å². The second-order valence-electron chi connectivity index (χ2n) is 11.2. The van der Waals surface area contributed by atoms with Crippen LogP contribution in [0.1, 0.15) is 20.8 Å². The normalized spacial score (nSPS) is 47.8. The average molecular weight is 379 g/mol. The molecule has 0 aliphatic heterocycles. The van der Waals surface area contributed by atoms with Crippen molar-refractivity contribution in [1.29, 1.82) is 0 Å². The molecule has 0 unspecified atom stereocenters. The molecule has 6 aliphatic rings. The Kier molecular flexibility index (Phi) is 2.87. The Bertz CT molecular complexity index is 654. The minimum absolute atomic E-state index is 0.00645. The summed E-state index contributed by atoms with van der Waals surface area (Å²) in [6, 6.07) is 1.00. The maximum atomic E-state index is 12.2. The fourth-order valence-corrected chi connectivity index (χ4v) is 7.89. The predicted molar refractivity (Wildman–Crippen MR) is 98.4 cm³/mol. The van der Waals surface area contributed by atoms with Crippen molar-refractivity contribution in [2.75, 3.05) is 6.61 Å². The molecule has 0 saturated heterocycles. The summed E-state index contributed by atoms with van der Waals surface area (Å²) >= 11 is 0. The molecule has 6 nitrogen and oxygen atoms in total. The fourth-order valence-electron chi connectivity index (χ4n) is 7.17. The molecule has 0 aromatic heterocycles. The molecule has 0 atom stereocenters. The topological polar surface area (TPSA) is 76.7 Å². The summed E-state index contributed by atoms with van der Waals surface area (Å²) in [4.78, 5) is 24.4. The van der Waals surface area contributed by atoms with Gasteiger partial charge in [0.2, 0.25) is 0 Å². The lowest BCUT2D eigenvalue weighted by Crippen LogP contribution is -3.19. The number of hydrogen-bond acceptors (Lipinski definition) is 4. The van der Waals surface area contributed by atoms with Crippen LogP contribution >= 0.6 is 0 Å². The Balaban J connectivity index is 1.14. The average Bonchev–Trinajstić information content (AvgIpc) is 2.46. The molecule has 7 heteroatoms. The van der Waals surface area contributed by atoms with Crippen LogP contribution in [0.25, 0.3) is 0 Å². The highest BCUT2D eigenvalue weighted by molar-refractivity contribution is 6.76. The predicted octanol–water partition coefficient (Wildman–Crippen LogP) is 2.82. The zero-order chi connectivity index (χ0) is 18.9. The lowest BCUT2D eigenvalue weighted by Gasteiger charge is -3.10. The highest BCUT2D eigenvalue weighted by atomic mass is 28.3. The van der Waals surface area contributed by atoms with E-state index in [1.54, 1.807) is 0 Å². The van der Waals surface area contributed by atoms with Crippen LogP contribution in [0, 0.1) is 35.5 Å². The second kappa shape index (κ2) is 4.42. The van der Waals surface area contributed by atoms with E-state index >= 15 is 0 Å². The first kappa shape index (κ1) is 16.9. The first-order chi connectivity index (χ1) is 11.9. The standard InChI is InChI=1S/C19H30N2O4Si/c1-17(2,3)25-16(23)21-19-12-9-13(19)11-14(19)10(12)18(9,11)20-15(22)24-7-8-26(4,5)6/h9-14H,7-8H2,1-6H3,(H,20,22)(H,21,23). The molecule has 6 fully saturated rings. The first-order valence-electron chi connectivity index (χ1n) is 9.89. The Labute approximate surface area is 155 Å². The molecule has 26 heavy (non-hydrogen) atoms. The molecule has 6 aliphatic carbocycles. The minimum Gasteiger partial charge on any atom is -0.450 e. The second-order valence-corrected chi connectivity index (χ2v) is 16.8. The van der Waals surface area contributed by atoms with E-state index in [1.165, 1.54) is 0 Å². The van der Waals surface area contributed by atoms with Gasteiger partial charge < -0.3 is 20.1 Å². The van der Waals surface area contributed by atoms with Gasteiger partial charge in [-0.15, -0.1) is 0 Å². The molecule has 144 valence electrons. The number of hydrogen-bond donors (Lipinski definition) is 2. The lowest BCUT2D eigenvalue weighted by molar-refractivity contribution is -0.590. The lowest BCUT2D eigenvalue weighted by atomic mass is 8.96. The van der Waals surface area contributed by atoms with Crippen molar-refractivity contribution in [3.05, 3.63) is 0 Å². The molecule has 6 rings (SSSR count). The van der Waals surface area contributed by atoms with Crippen LogP contribution in [0.5, 0.6) is 0 Å². The zero-order valence-electron chi connectivity index (χ0n) is 16.5. The molecule has 0 aromatic rings. The van der Waals surface area contributed by atoms with E-state index in [2.05, 4.69) is 30.3 Å². The van der Waals surface area contributed by atoms with Crippen LogP contribution in [0.3, 0.4) is 0 Å². The third kappa shape index (κ3) is 1.65. The third-order valence-electron chi connectivity index (χ3n) is 7.75. The van der Waals surface area contributed by atoms with Crippen LogP contribution in [0.4, 0.5) is 9.59 Å². The number of alkyl carbamates (subject to hydrolysis) is 2. The number of carbonyl (C=O) groups excluding carboxylic acids is 2. The SMILES string of the molecule is CC(C)(C)OC(=O)NC12C3C4C1C1C2C3C41NC(=O)OCC[Si](C)(C)C. The van der Waals surface area contributed by atoms with Gasteiger partial charge in [-0.25, -0.2) is 9.59 Å². The van der Waals surface area contributed by atoms with E-state index in [-0.39, 0.29) is 23.3 Å². The van der Waals surface area contributed by atoms with Gasteiger partial charge in [-0.05, 0) is 62.3 Å². The van der Waals surface area contributed by atoms with E-state index in [1.807, 2.05) is 20.8 Å². The van der Waals surface area contributed by atoms with Gasteiger partial charge >= 0.3 is 12.2 Å². The quantitative estimate of drug-likeness (QED) is 0.721. The smallest absolute Gasteiger partial charge is 0.408 e. The van der Waals surface area contributed by atoms with Gasteiger partial charge in [-0.2, -0.15) is 0 Å². The Morgan fingerprint density at radius 3 is 1.69 bits per heavy atom. The summed E-state index contributed by atoms with van der Waals surface area (Å²) in [6.07, 6.45) is -0.533. The van der Waals surface area contributed by atoms with Crippen LogP contribution in [-0.4, -0.2) is 43.5 Å². The van der Waals surface area contributed by atoms with Gasteiger partial charge in [0.05, 0.1) is 17.7 Å². The van der Waals surface area contributed by atoms with Gasteiger partial charge in [-0.1, -0.05) is 19.6 Å². The van der Waals surface area contributed by atoms with Gasteiger partial charge in [-0.3, -0.25) is 0 Å². The van der Waals surface area contributed by atoms with Crippen LogP contribution in [0.2, 0.25) is 25.7 Å². The third-order valence-corrected chi connectivity index (χ3v) is 9.46. The minimum atomic E-state index is -1.18. The molecule has 0 bridgehead atoms. The molecule has 0 spiro atoms. The highest BCUT2D eigenvalue weighted by Gasteiger charge is 3.11. The number of rotatable bonds is 5. The molecular weight excluding hydrogens is 348 g/mol. The first-order valence-corrected chi connectivity index (χ1v) is 13.6. The van der Waals surface area contributed by atoms with Crippen LogP contribution in [-0.2, 0) is 9.47 Å². The Hall–Kier alpha value is -1.24. The van der Waals surface area contributed by atoms with E-state index < -0.39 is 13.7 Å². The summed E-state index contributed by atoms with van der Waals surface area (Å²) < 4.78 is 10.9. The summed E-state index contributed by atoms with van der Waals surface area (Å²) in [5.74, 6) is 3.25. The molecule has 0 radical (unpaired) electrons. The van der Waals surface area contributed by atoms with Crippen molar-refractivity contribution in [2.24, 2.45) is 35.5 Å². The summed E-state index contributed by atoms with van der Waals surface area (Å²) in [5.41, 5.74) is -0.466. The van der Waals surface area contributed by atoms with E-state index in [9.17, 15) is 9.59 Å². The Morgan fingerprint density at radius 1 is 0.885 bits per heavy atom. The summed E-state index contributed by atoms with van der Waals surface area (Å²) in [6.45, 7) is 13.0. The van der Waals surface area contributed by atoms with Gasteiger partial charge in [0.1, 0.15) is 5.60 Å². The highest BCUT2D eigenvalue weighted by Crippen LogP contribution is 3.03. The number of amides is 2. The van der Waals surface area contributed by atoms with Crippen molar-refractivity contribution >= 4 is 20.3 Å². The fraction of sp³-hybridized carbons (Fsp3) is 0.895. The van der Waals surface area contributed by atoms with E-state index in [4.69, 9.17) is 9.47 Å². The molecule has 2 N–H and O–H groups in total. The maximum Gasteiger partial charge on any atom is 0.408 e. The van der Waals surface area contributed by atoms with Crippen molar-refractivity contribution in [3.63, 3.8) is 0 Å². The summed E-state index contributed by atoms with van der Waals surface area (Å²) in [5, 5.41) is 6.40. The van der Waals surface area contributed by atoms with Crippen molar-refractivity contribution < 1.29 is 19.1 Å². The molecule has 0 heterocycles. The van der Waals surface area contributed by atoms with E-state index in [0.717, 1.165) is 6.04 Å². The van der Waals surface area contributed by atoms with Crippen LogP contribution in [0.15, 0.2) is 0 Å². The van der Waals surface area contributed by atoms with Gasteiger partial charge in [0.15, 0.2) is 0 Å². The number of carbonyl (C=O) groups is 2. The molecular formula is C19H30N2O4Si. The Morgan fingerprint density at radius 2 is 1.31 bits per heavy atom. The van der Waals surface area contributed by atoms with Gasteiger partial charge in [0.25, 0.3) is 0 Å². The maximum absolute atomic E-state index is 12.2. The molecule has 2 amide bonds. The van der Waals surface area contributed by atoms with Crippen LogP contribution < -0.4 is 10.6 Å². The number of nitrogens with one attached hydrogen (secondary N) is 2. The van der Waals surface area contributed by atoms with Crippen molar-refractivity contribution in [2.45, 2.75) is 63.1 Å². The molecule has 0 aromatic carbocycles. The monoisotopic (exact) mass is 378 g/mol. The molecule has 6 saturated carbocycles. The van der Waals surface area contributed by atoms with E-state index in [0.29, 0.717) is 42.1 Å².